The number of carbonyl (C=O) groups excluding carboxylic acids is 1. The zero-order chi connectivity index (χ0) is 18.6. The van der Waals surface area contributed by atoms with Gasteiger partial charge in [-0.1, -0.05) is 41.2 Å². The zero-order valence-corrected chi connectivity index (χ0v) is 15.7. The highest BCUT2D eigenvalue weighted by Gasteiger charge is 2.09. The number of para-hydroxylation sites is 1. The Morgan fingerprint density at radius 2 is 1.89 bits per heavy atom. The molecule has 4 aromatic rings. The predicted octanol–water partition coefficient (Wildman–Crippen LogP) is 3.08. The highest BCUT2D eigenvalue weighted by Crippen LogP contribution is 2.29. The molecular weight excluding hydrogens is 384 g/mol. The Morgan fingerprint density at radius 1 is 1.11 bits per heavy atom. The standard InChI is InChI=1S/C18H14N4O3S2/c23-16(9-10-26-18-19-14-7-3-4-8-15(14)27-18)25-11-22-17(24)12-5-1-2-6-13(12)20-21-22/h1-8H,9-11H2. The molecule has 0 saturated heterocycles. The normalized spacial score (nSPS) is 11.1. The molecule has 0 spiro atoms. The Kier molecular flexibility index (Phi) is 5.12. The SMILES string of the molecule is O=C(CCSc1nc2ccccc2s1)OCn1nnc2ccccc2c1=O. The Morgan fingerprint density at radius 3 is 2.74 bits per heavy atom. The minimum absolute atomic E-state index is 0.219. The predicted molar refractivity (Wildman–Crippen MR) is 105 cm³/mol. The van der Waals surface area contributed by atoms with E-state index in [0.717, 1.165) is 19.2 Å². The highest BCUT2D eigenvalue weighted by atomic mass is 32.2. The molecule has 136 valence electrons. The van der Waals surface area contributed by atoms with E-state index in [2.05, 4.69) is 15.3 Å². The average Bonchev–Trinajstić information content (AvgIpc) is 3.10. The van der Waals surface area contributed by atoms with Gasteiger partial charge in [-0.3, -0.25) is 9.59 Å². The summed E-state index contributed by atoms with van der Waals surface area (Å²) in [6.07, 6.45) is 0.219. The van der Waals surface area contributed by atoms with Gasteiger partial charge in [0.1, 0.15) is 5.52 Å². The molecule has 7 nitrogen and oxygen atoms in total. The van der Waals surface area contributed by atoms with Crippen molar-refractivity contribution in [3.63, 3.8) is 0 Å². The van der Waals surface area contributed by atoms with Crippen LogP contribution in [0.25, 0.3) is 21.1 Å². The maximum Gasteiger partial charge on any atom is 0.308 e. The van der Waals surface area contributed by atoms with Crippen LogP contribution in [0.5, 0.6) is 0 Å². The van der Waals surface area contributed by atoms with E-state index in [1.54, 1.807) is 35.6 Å². The van der Waals surface area contributed by atoms with Crippen LogP contribution in [0, 0.1) is 0 Å². The Balaban J connectivity index is 1.31. The van der Waals surface area contributed by atoms with Gasteiger partial charge in [0.2, 0.25) is 0 Å². The minimum atomic E-state index is -0.398. The molecule has 0 unspecified atom stereocenters. The molecule has 0 aliphatic rings. The van der Waals surface area contributed by atoms with Gasteiger partial charge >= 0.3 is 5.97 Å². The first kappa shape index (κ1) is 17.6. The maximum atomic E-state index is 12.3. The van der Waals surface area contributed by atoms with Crippen LogP contribution in [0.1, 0.15) is 6.42 Å². The smallest absolute Gasteiger partial charge is 0.308 e. The fraction of sp³-hybridized carbons (Fsp3) is 0.167. The van der Waals surface area contributed by atoms with Gasteiger partial charge in [-0.05, 0) is 24.3 Å². The summed E-state index contributed by atoms with van der Waals surface area (Å²) in [6.45, 7) is -0.249. The molecule has 0 amide bonds. The van der Waals surface area contributed by atoms with Crippen molar-refractivity contribution in [2.24, 2.45) is 0 Å². The van der Waals surface area contributed by atoms with Gasteiger partial charge < -0.3 is 4.74 Å². The molecule has 2 heterocycles. The van der Waals surface area contributed by atoms with Crippen LogP contribution in [-0.2, 0) is 16.3 Å². The van der Waals surface area contributed by atoms with Crippen LogP contribution in [0.4, 0.5) is 0 Å². The van der Waals surface area contributed by atoms with Crippen LogP contribution in [0.3, 0.4) is 0 Å². The third-order valence-electron chi connectivity index (χ3n) is 3.78. The molecule has 2 aromatic heterocycles. The Bertz CT molecular complexity index is 1140. The summed E-state index contributed by atoms with van der Waals surface area (Å²) in [6, 6.07) is 14.8. The lowest BCUT2D eigenvalue weighted by molar-refractivity contribution is -0.147. The molecule has 0 N–H and O–H groups in total. The first-order valence-corrected chi connectivity index (χ1v) is 9.97. The highest BCUT2D eigenvalue weighted by molar-refractivity contribution is 8.01. The van der Waals surface area contributed by atoms with Crippen molar-refractivity contribution in [1.82, 2.24) is 20.0 Å². The van der Waals surface area contributed by atoms with E-state index >= 15 is 0 Å². The fourth-order valence-corrected chi connectivity index (χ4v) is 4.51. The molecule has 27 heavy (non-hydrogen) atoms. The quantitative estimate of drug-likeness (QED) is 0.364. The third-order valence-corrected chi connectivity index (χ3v) is 5.96. The van der Waals surface area contributed by atoms with E-state index in [4.69, 9.17) is 4.74 Å². The van der Waals surface area contributed by atoms with Gasteiger partial charge in [-0.2, -0.15) is 4.68 Å². The number of carbonyl (C=O) groups is 1. The number of nitrogens with zero attached hydrogens (tertiary/aromatic N) is 4. The number of thioether (sulfide) groups is 1. The lowest BCUT2D eigenvalue weighted by Crippen LogP contribution is -2.26. The lowest BCUT2D eigenvalue weighted by atomic mass is 10.2. The second-order valence-electron chi connectivity index (χ2n) is 5.60. The van der Waals surface area contributed by atoms with Crippen LogP contribution in [-0.4, -0.2) is 31.7 Å². The van der Waals surface area contributed by atoms with Crippen molar-refractivity contribution in [1.29, 1.82) is 0 Å². The molecule has 0 saturated carbocycles. The van der Waals surface area contributed by atoms with Crippen LogP contribution in [0.15, 0.2) is 57.7 Å². The van der Waals surface area contributed by atoms with E-state index < -0.39 is 5.97 Å². The van der Waals surface area contributed by atoms with Crippen molar-refractivity contribution in [3.8, 4) is 0 Å². The van der Waals surface area contributed by atoms with Gasteiger partial charge in [0.05, 0.1) is 22.0 Å². The minimum Gasteiger partial charge on any atom is -0.442 e. The van der Waals surface area contributed by atoms with Crippen molar-refractivity contribution >= 4 is 50.2 Å². The zero-order valence-electron chi connectivity index (χ0n) is 14.1. The third kappa shape index (κ3) is 3.99. The molecular formula is C18H14N4O3S2. The maximum absolute atomic E-state index is 12.3. The van der Waals surface area contributed by atoms with Crippen molar-refractivity contribution in [2.75, 3.05) is 5.75 Å². The van der Waals surface area contributed by atoms with Crippen LogP contribution in [0.2, 0.25) is 0 Å². The fourth-order valence-electron chi connectivity index (χ4n) is 2.45. The van der Waals surface area contributed by atoms with Gasteiger partial charge in [0, 0.05) is 5.75 Å². The summed E-state index contributed by atoms with van der Waals surface area (Å²) in [7, 11) is 0. The number of hydrogen-bond donors (Lipinski definition) is 0. The van der Waals surface area contributed by atoms with E-state index in [0.29, 0.717) is 16.7 Å². The summed E-state index contributed by atoms with van der Waals surface area (Å²) in [5, 5.41) is 8.19. The number of ether oxygens (including phenoxy) is 1. The van der Waals surface area contributed by atoms with Crippen LogP contribution < -0.4 is 5.56 Å². The second-order valence-corrected chi connectivity index (χ2v) is 7.98. The van der Waals surface area contributed by atoms with E-state index in [-0.39, 0.29) is 18.7 Å². The Labute approximate surface area is 162 Å². The number of benzene rings is 2. The van der Waals surface area contributed by atoms with Gasteiger partial charge in [-0.15, -0.1) is 16.4 Å². The first-order chi connectivity index (χ1) is 13.2. The van der Waals surface area contributed by atoms with Crippen LogP contribution >= 0.6 is 23.1 Å². The summed E-state index contributed by atoms with van der Waals surface area (Å²) < 4.78 is 8.23. The monoisotopic (exact) mass is 398 g/mol. The molecule has 2 aromatic carbocycles. The van der Waals surface area contributed by atoms with Crippen molar-refractivity contribution in [2.45, 2.75) is 17.5 Å². The molecule has 4 rings (SSSR count). The number of rotatable bonds is 6. The lowest BCUT2D eigenvalue weighted by Gasteiger charge is -2.06. The summed E-state index contributed by atoms with van der Waals surface area (Å²) in [5.41, 5.74) is 1.14. The molecule has 0 fully saturated rings. The number of thiazole rings is 1. The number of fused-ring (bicyclic) bond motifs is 2. The molecule has 0 aliphatic carbocycles. The summed E-state index contributed by atoms with van der Waals surface area (Å²) >= 11 is 3.11. The van der Waals surface area contributed by atoms with Crippen molar-refractivity contribution in [3.05, 3.63) is 58.9 Å². The number of hydrogen-bond acceptors (Lipinski definition) is 8. The molecule has 0 bridgehead atoms. The topological polar surface area (TPSA) is 87.0 Å². The van der Waals surface area contributed by atoms with E-state index in [1.165, 1.54) is 11.8 Å². The largest absolute Gasteiger partial charge is 0.442 e. The average molecular weight is 398 g/mol. The molecule has 0 atom stereocenters. The van der Waals surface area contributed by atoms with Gasteiger partial charge in [0.15, 0.2) is 11.1 Å². The molecule has 0 radical (unpaired) electrons. The molecule has 9 heteroatoms. The number of aromatic nitrogens is 4. The summed E-state index contributed by atoms with van der Waals surface area (Å²) in [5.74, 6) is 0.155. The molecule has 0 aliphatic heterocycles. The summed E-state index contributed by atoms with van der Waals surface area (Å²) in [4.78, 5) is 28.7. The van der Waals surface area contributed by atoms with E-state index in [1.807, 2.05) is 24.3 Å². The van der Waals surface area contributed by atoms with E-state index in [9.17, 15) is 9.59 Å². The van der Waals surface area contributed by atoms with Crippen molar-refractivity contribution < 1.29 is 9.53 Å². The first-order valence-electron chi connectivity index (χ1n) is 8.17. The van der Waals surface area contributed by atoms with Gasteiger partial charge in [0.25, 0.3) is 5.56 Å². The number of esters is 1. The Hall–Kier alpha value is -2.78. The van der Waals surface area contributed by atoms with Gasteiger partial charge in [-0.25, -0.2) is 4.98 Å². The second kappa shape index (κ2) is 7.85.